The lowest BCUT2D eigenvalue weighted by molar-refractivity contribution is -0.113. The molecular formula is C11H9N3O3S2. The molecule has 0 radical (unpaired) electrons. The molecule has 0 bridgehead atoms. The number of aromatic nitrogens is 2. The number of carbonyl (C=O) groups excluding carboxylic acids is 1. The maximum atomic E-state index is 11.6. The Balaban J connectivity index is 1.95. The third-order valence-corrected chi connectivity index (χ3v) is 3.71. The largest absolute Gasteiger partial charge is 0.478 e. The average Bonchev–Trinajstić information content (AvgIpc) is 2.89. The Labute approximate surface area is 116 Å². The molecule has 0 aromatic carbocycles. The molecule has 2 aromatic heterocycles. The van der Waals surface area contributed by atoms with Crippen molar-refractivity contribution in [3.63, 3.8) is 0 Å². The minimum Gasteiger partial charge on any atom is -0.478 e. The number of pyridine rings is 1. The molecule has 1 amide bonds. The summed E-state index contributed by atoms with van der Waals surface area (Å²) in [5, 5.41) is 14.2. The van der Waals surface area contributed by atoms with Crippen molar-refractivity contribution in [3.05, 3.63) is 35.5 Å². The van der Waals surface area contributed by atoms with E-state index < -0.39 is 5.97 Å². The highest BCUT2D eigenvalue weighted by Crippen LogP contribution is 2.20. The first-order valence-corrected chi connectivity index (χ1v) is 7.04. The van der Waals surface area contributed by atoms with Crippen LogP contribution in [-0.4, -0.2) is 32.7 Å². The molecular weight excluding hydrogens is 286 g/mol. The first kappa shape index (κ1) is 13.5. The van der Waals surface area contributed by atoms with Gasteiger partial charge < -0.3 is 10.4 Å². The molecule has 8 heteroatoms. The van der Waals surface area contributed by atoms with Gasteiger partial charge in [0.15, 0.2) is 5.13 Å². The molecule has 0 aliphatic heterocycles. The van der Waals surface area contributed by atoms with Crippen molar-refractivity contribution in [2.45, 2.75) is 5.03 Å². The van der Waals surface area contributed by atoms with Gasteiger partial charge in [-0.05, 0) is 12.1 Å². The number of carbonyl (C=O) groups is 2. The van der Waals surface area contributed by atoms with Gasteiger partial charge in [-0.15, -0.1) is 11.3 Å². The van der Waals surface area contributed by atoms with Crippen molar-refractivity contribution in [2.75, 3.05) is 11.1 Å². The number of anilines is 1. The highest BCUT2D eigenvalue weighted by Gasteiger charge is 2.13. The van der Waals surface area contributed by atoms with E-state index in [-0.39, 0.29) is 17.2 Å². The van der Waals surface area contributed by atoms with Gasteiger partial charge in [0.2, 0.25) is 5.91 Å². The molecule has 0 fully saturated rings. The van der Waals surface area contributed by atoms with Crippen LogP contribution in [0, 0.1) is 0 Å². The second-order valence-corrected chi connectivity index (χ2v) is 5.19. The first-order valence-electron chi connectivity index (χ1n) is 5.17. The molecule has 2 rings (SSSR count). The van der Waals surface area contributed by atoms with Crippen LogP contribution in [0.5, 0.6) is 0 Å². The quantitative estimate of drug-likeness (QED) is 0.819. The number of thiazole rings is 1. The molecule has 19 heavy (non-hydrogen) atoms. The van der Waals surface area contributed by atoms with Crippen LogP contribution < -0.4 is 5.32 Å². The third-order valence-electron chi connectivity index (χ3n) is 2.02. The van der Waals surface area contributed by atoms with Crippen LogP contribution in [0.3, 0.4) is 0 Å². The van der Waals surface area contributed by atoms with E-state index >= 15 is 0 Å². The van der Waals surface area contributed by atoms with Gasteiger partial charge in [0.25, 0.3) is 0 Å². The van der Waals surface area contributed by atoms with Crippen LogP contribution in [0.2, 0.25) is 0 Å². The lowest BCUT2D eigenvalue weighted by Crippen LogP contribution is -2.14. The molecule has 2 aromatic rings. The van der Waals surface area contributed by atoms with Crippen molar-refractivity contribution in [1.82, 2.24) is 9.97 Å². The molecule has 0 saturated heterocycles. The zero-order chi connectivity index (χ0) is 13.7. The molecule has 0 aliphatic carbocycles. The second-order valence-electron chi connectivity index (χ2n) is 3.34. The minimum atomic E-state index is -1.06. The van der Waals surface area contributed by atoms with E-state index in [4.69, 9.17) is 5.11 Å². The Morgan fingerprint density at radius 3 is 2.89 bits per heavy atom. The summed E-state index contributed by atoms with van der Waals surface area (Å²) in [5.74, 6) is -1.23. The van der Waals surface area contributed by atoms with Crippen LogP contribution >= 0.6 is 23.1 Å². The van der Waals surface area contributed by atoms with Crippen LogP contribution in [0.15, 0.2) is 34.9 Å². The van der Waals surface area contributed by atoms with E-state index in [1.54, 1.807) is 17.6 Å². The van der Waals surface area contributed by atoms with Crippen molar-refractivity contribution in [1.29, 1.82) is 0 Å². The third kappa shape index (κ3) is 3.76. The maximum absolute atomic E-state index is 11.6. The van der Waals surface area contributed by atoms with Gasteiger partial charge in [0.1, 0.15) is 5.03 Å². The van der Waals surface area contributed by atoms with Gasteiger partial charge in [-0.1, -0.05) is 11.8 Å². The maximum Gasteiger partial charge on any atom is 0.338 e. The predicted octanol–water partition coefficient (Wildman–Crippen LogP) is 1.97. The van der Waals surface area contributed by atoms with Gasteiger partial charge in [-0.2, -0.15) is 0 Å². The summed E-state index contributed by atoms with van der Waals surface area (Å²) in [6.45, 7) is 0. The predicted molar refractivity (Wildman–Crippen MR) is 72.7 cm³/mol. The van der Waals surface area contributed by atoms with E-state index in [0.717, 1.165) is 11.8 Å². The lowest BCUT2D eigenvalue weighted by Gasteiger charge is -2.04. The summed E-state index contributed by atoms with van der Waals surface area (Å²) in [7, 11) is 0. The summed E-state index contributed by atoms with van der Waals surface area (Å²) in [4.78, 5) is 30.5. The molecule has 0 aliphatic rings. The van der Waals surface area contributed by atoms with Crippen LogP contribution in [0.1, 0.15) is 10.4 Å². The zero-order valence-electron chi connectivity index (χ0n) is 9.57. The number of aromatic carboxylic acids is 1. The summed E-state index contributed by atoms with van der Waals surface area (Å²) in [5.41, 5.74) is 0.0922. The topological polar surface area (TPSA) is 92.2 Å². The van der Waals surface area contributed by atoms with Crippen molar-refractivity contribution in [3.8, 4) is 0 Å². The fourth-order valence-electron chi connectivity index (χ4n) is 1.24. The highest BCUT2D eigenvalue weighted by molar-refractivity contribution is 8.00. The summed E-state index contributed by atoms with van der Waals surface area (Å²) in [6.07, 6.45) is 3.09. The Morgan fingerprint density at radius 2 is 2.21 bits per heavy atom. The van der Waals surface area contributed by atoms with E-state index in [1.165, 1.54) is 23.6 Å². The van der Waals surface area contributed by atoms with Gasteiger partial charge >= 0.3 is 5.97 Å². The van der Waals surface area contributed by atoms with E-state index in [0.29, 0.717) is 10.2 Å². The Bertz CT molecular complexity index is 587. The van der Waals surface area contributed by atoms with E-state index in [9.17, 15) is 9.59 Å². The standard InChI is InChI=1S/C11H9N3O3S2/c15-8(14-11-13-4-5-18-11)6-19-9-7(10(16)17)2-1-3-12-9/h1-5H,6H2,(H,16,17)(H,13,14,15). The average molecular weight is 295 g/mol. The number of rotatable bonds is 5. The number of hydrogen-bond donors (Lipinski definition) is 2. The van der Waals surface area contributed by atoms with Crippen molar-refractivity contribution in [2.24, 2.45) is 0 Å². The molecule has 0 saturated carbocycles. The summed E-state index contributed by atoms with van der Waals surface area (Å²) >= 11 is 2.40. The highest BCUT2D eigenvalue weighted by atomic mass is 32.2. The fourth-order valence-corrected chi connectivity index (χ4v) is 2.57. The van der Waals surface area contributed by atoms with Crippen LogP contribution in [-0.2, 0) is 4.79 Å². The number of hydrogen-bond acceptors (Lipinski definition) is 6. The monoisotopic (exact) mass is 295 g/mol. The SMILES string of the molecule is O=C(CSc1ncccc1C(=O)O)Nc1nccs1. The first-order chi connectivity index (χ1) is 9.16. The minimum absolute atomic E-state index is 0.0802. The molecule has 6 nitrogen and oxygen atoms in total. The van der Waals surface area contributed by atoms with Gasteiger partial charge in [-0.25, -0.2) is 14.8 Å². The number of nitrogens with one attached hydrogen (secondary N) is 1. The van der Waals surface area contributed by atoms with E-state index in [1.807, 2.05) is 0 Å². The lowest BCUT2D eigenvalue weighted by atomic mass is 10.3. The van der Waals surface area contributed by atoms with Gasteiger partial charge in [0, 0.05) is 17.8 Å². The summed E-state index contributed by atoms with van der Waals surface area (Å²) < 4.78 is 0. The van der Waals surface area contributed by atoms with Crippen molar-refractivity contribution < 1.29 is 14.7 Å². The van der Waals surface area contributed by atoms with Crippen LogP contribution in [0.4, 0.5) is 5.13 Å². The molecule has 0 unspecified atom stereocenters. The Morgan fingerprint density at radius 1 is 1.37 bits per heavy atom. The number of carboxylic acids is 1. The molecule has 98 valence electrons. The number of thioether (sulfide) groups is 1. The summed E-state index contributed by atoms with van der Waals surface area (Å²) in [6, 6.07) is 3.00. The zero-order valence-corrected chi connectivity index (χ0v) is 11.2. The second kappa shape index (κ2) is 6.30. The van der Waals surface area contributed by atoms with Crippen LogP contribution in [0.25, 0.3) is 0 Å². The smallest absolute Gasteiger partial charge is 0.338 e. The molecule has 0 atom stereocenters. The normalized spacial score (nSPS) is 10.1. The van der Waals surface area contributed by atoms with Gasteiger partial charge in [0.05, 0.1) is 11.3 Å². The molecule has 0 spiro atoms. The molecule has 2 N–H and O–H groups in total. The van der Waals surface area contributed by atoms with Crippen molar-refractivity contribution >= 4 is 40.1 Å². The number of carboxylic acid groups (broad SMARTS) is 1. The fraction of sp³-hybridized carbons (Fsp3) is 0.0909. The van der Waals surface area contributed by atoms with Gasteiger partial charge in [-0.3, -0.25) is 4.79 Å². The number of nitrogens with zero attached hydrogens (tertiary/aromatic N) is 2. The Hall–Kier alpha value is -1.93. The van der Waals surface area contributed by atoms with E-state index in [2.05, 4.69) is 15.3 Å². The Kier molecular flexibility index (Phi) is 4.48. The number of amides is 1. The molecule has 2 heterocycles.